The molecule has 0 aliphatic carbocycles. The molecule has 0 spiro atoms. The predicted molar refractivity (Wildman–Crippen MR) is 52.1 cm³/mol. The highest BCUT2D eigenvalue weighted by Gasteiger charge is 2.31. The summed E-state index contributed by atoms with van der Waals surface area (Å²) >= 11 is 17.8. The van der Waals surface area contributed by atoms with Crippen LogP contribution < -0.4 is 0 Å². The lowest BCUT2D eigenvalue weighted by Crippen LogP contribution is -2.27. The molecule has 0 saturated carbocycles. The van der Waals surface area contributed by atoms with E-state index in [1.807, 2.05) is 0 Å². The highest BCUT2D eigenvalue weighted by Crippen LogP contribution is 2.32. The molecule has 0 bridgehead atoms. The SMILES string of the molecule is O[C@H](Cc1nccs1)C(Cl)(Cl)Cl. The lowest BCUT2D eigenvalue weighted by molar-refractivity contribution is 0.179. The molecule has 1 rings (SSSR count). The molecule has 0 aromatic carbocycles. The average molecular weight is 247 g/mol. The first kappa shape index (κ1) is 10.5. The normalized spacial score (nSPS) is 14.7. The molecule has 1 aromatic heterocycles. The Labute approximate surface area is 89.1 Å². The van der Waals surface area contributed by atoms with Crippen LogP contribution in [0.25, 0.3) is 0 Å². The van der Waals surface area contributed by atoms with Crippen LogP contribution in [-0.2, 0) is 6.42 Å². The molecule has 0 aliphatic rings. The molecule has 68 valence electrons. The standard InChI is InChI=1S/C6H6Cl3NOS/c7-6(8,9)4(11)3-5-10-1-2-12-5/h1-2,4,11H,3H2/t4-/m1/s1. The van der Waals surface area contributed by atoms with Crippen LogP contribution in [0.15, 0.2) is 11.6 Å². The quantitative estimate of drug-likeness (QED) is 0.813. The minimum atomic E-state index is -1.63. The van der Waals surface area contributed by atoms with Gasteiger partial charge in [0.05, 0.1) is 5.01 Å². The predicted octanol–water partition coefficient (Wildman–Crippen LogP) is 2.42. The summed E-state index contributed by atoms with van der Waals surface area (Å²) in [5.41, 5.74) is 0. The van der Waals surface area contributed by atoms with Gasteiger partial charge in [-0.3, -0.25) is 0 Å². The van der Waals surface area contributed by atoms with E-state index >= 15 is 0 Å². The van der Waals surface area contributed by atoms with Gasteiger partial charge in [-0.05, 0) is 0 Å². The number of hydrogen-bond acceptors (Lipinski definition) is 3. The lowest BCUT2D eigenvalue weighted by Gasteiger charge is -2.17. The lowest BCUT2D eigenvalue weighted by atomic mass is 10.3. The van der Waals surface area contributed by atoms with Crippen LogP contribution in [0.1, 0.15) is 5.01 Å². The van der Waals surface area contributed by atoms with Crippen LogP contribution >= 0.6 is 46.1 Å². The van der Waals surface area contributed by atoms with E-state index < -0.39 is 9.90 Å². The number of alkyl halides is 3. The zero-order chi connectivity index (χ0) is 9.19. The van der Waals surface area contributed by atoms with Crippen molar-refractivity contribution in [1.29, 1.82) is 0 Å². The molecular weight excluding hydrogens is 240 g/mol. The van der Waals surface area contributed by atoms with Gasteiger partial charge < -0.3 is 5.11 Å². The van der Waals surface area contributed by atoms with Gasteiger partial charge in [0.25, 0.3) is 0 Å². The minimum absolute atomic E-state index is 0.272. The topological polar surface area (TPSA) is 33.1 Å². The Kier molecular flexibility index (Phi) is 3.61. The van der Waals surface area contributed by atoms with E-state index in [1.54, 1.807) is 11.6 Å². The van der Waals surface area contributed by atoms with Crippen LogP contribution in [0.4, 0.5) is 0 Å². The van der Waals surface area contributed by atoms with Crippen molar-refractivity contribution in [3.8, 4) is 0 Å². The third-order valence-electron chi connectivity index (χ3n) is 1.23. The number of aliphatic hydroxyl groups is 1. The fraction of sp³-hybridized carbons (Fsp3) is 0.500. The van der Waals surface area contributed by atoms with E-state index in [0.717, 1.165) is 5.01 Å². The summed E-state index contributed by atoms with van der Waals surface area (Å²) in [5, 5.41) is 11.9. The third-order valence-corrected chi connectivity index (χ3v) is 2.79. The molecule has 1 atom stereocenters. The first-order valence-corrected chi connectivity index (χ1v) is 5.14. The Morgan fingerprint density at radius 2 is 2.25 bits per heavy atom. The monoisotopic (exact) mass is 245 g/mol. The van der Waals surface area contributed by atoms with Crippen molar-refractivity contribution in [3.05, 3.63) is 16.6 Å². The molecule has 1 aromatic rings. The summed E-state index contributed by atoms with van der Waals surface area (Å²) in [6, 6.07) is 0. The highest BCUT2D eigenvalue weighted by molar-refractivity contribution is 7.09. The fourth-order valence-corrected chi connectivity index (χ4v) is 1.52. The number of aromatic nitrogens is 1. The molecule has 0 amide bonds. The van der Waals surface area contributed by atoms with E-state index in [9.17, 15) is 5.11 Å². The fourth-order valence-electron chi connectivity index (χ4n) is 0.635. The molecule has 0 fully saturated rings. The van der Waals surface area contributed by atoms with Gasteiger partial charge in [-0.2, -0.15) is 0 Å². The van der Waals surface area contributed by atoms with E-state index in [1.165, 1.54) is 11.3 Å². The van der Waals surface area contributed by atoms with Gasteiger partial charge in [-0.15, -0.1) is 11.3 Å². The maximum absolute atomic E-state index is 9.33. The molecule has 2 nitrogen and oxygen atoms in total. The summed E-state index contributed by atoms with van der Waals surface area (Å²) in [6.45, 7) is 0. The zero-order valence-electron chi connectivity index (χ0n) is 5.88. The molecule has 1 N–H and O–H groups in total. The number of halogens is 3. The third kappa shape index (κ3) is 3.07. The van der Waals surface area contributed by atoms with Crippen molar-refractivity contribution in [3.63, 3.8) is 0 Å². The number of aliphatic hydroxyl groups excluding tert-OH is 1. The van der Waals surface area contributed by atoms with Crippen LogP contribution in [0.2, 0.25) is 0 Å². The van der Waals surface area contributed by atoms with Gasteiger partial charge in [0.15, 0.2) is 0 Å². The number of hydrogen-bond donors (Lipinski definition) is 1. The van der Waals surface area contributed by atoms with E-state index in [0.29, 0.717) is 0 Å². The van der Waals surface area contributed by atoms with Crippen molar-refractivity contribution in [2.75, 3.05) is 0 Å². The van der Waals surface area contributed by atoms with Crippen molar-refractivity contribution in [2.24, 2.45) is 0 Å². The smallest absolute Gasteiger partial charge is 0.216 e. The summed E-state index contributed by atoms with van der Waals surface area (Å²) in [7, 11) is 0. The summed E-state index contributed by atoms with van der Waals surface area (Å²) in [6.07, 6.45) is 0.910. The number of thiazole rings is 1. The first-order chi connectivity index (χ1) is 5.50. The Bertz CT molecular complexity index is 233. The maximum atomic E-state index is 9.33. The number of nitrogens with zero attached hydrogens (tertiary/aromatic N) is 1. The summed E-state index contributed by atoms with van der Waals surface area (Å²) in [5.74, 6) is 0. The van der Waals surface area contributed by atoms with Crippen molar-refractivity contribution in [2.45, 2.75) is 16.3 Å². The Hall–Kier alpha value is 0.460. The second kappa shape index (κ2) is 4.11. The van der Waals surface area contributed by atoms with Gasteiger partial charge in [-0.1, -0.05) is 34.8 Å². The molecular formula is C6H6Cl3NOS. The zero-order valence-corrected chi connectivity index (χ0v) is 8.96. The summed E-state index contributed by atoms with van der Waals surface area (Å²) < 4.78 is -1.63. The van der Waals surface area contributed by atoms with Crippen LogP contribution in [-0.4, -0.2) is 20.0 Å². The van der Waals surface area contributed by atoms with Gasteiger partial charge in [0.1, 0.15) is 6.10 Å². The molecule has 6 heteroatoms. The van der Waals surface area contributed by atoms with Crippen molar-refractivity contribution >= 4 is 46.1 Å². The second-order valence-electron chi connectivity index (χ2n) is 2.19. The van der Waals surface area contributed by atoms with E-state index in [4.69, 9.17) is 34.8 Å². The van der Waals surface area contributed by atoms with Gasteiger partial charge in [0, 0.05) is 18.0 Å². The molecule has 0 aliphatic heterocycles. The molecule has 12 heavy (non-hydrogen) atoms. The molecule has 0 saturated heterocycles. The van der Waals surface area contributed by atoms with E-state index in [-0.39, 0.29) is 6.42 Å². The van der Waals surface area contributed by atoms with Crippen LogP contribution in [0, 0.1) is 0 Å². The van der Waals surface area contributed by atoms with Crippen molar-refractivity contribution in [1.82, 2.24) is 4.98 Å². The summed E-state index contributed by atoms with van der Waals surface area (Å²) in [4.78, 5) is 3.95. The number of rotatable bonds is 2. The Balaban J connectivity index is 2.53. The van der Waals surface area contributed by atoms with Crippen LogP contribution in [0.3, 0.4) is 0 Å². The Morgan fingerprint density at radius 1 is 1.58 bits per heavy atom. The molecule has 0 radical (unpaired) electrons. The average Bonchev–Trinajstić information content (AvgIpc) is 2.37. The second-order valence-corrected chi connectivity index (χ2v) is 5.54. The maximum Gasteiger partial charge on any atom is 0.216 e. The molecule has 1 heterocycles. The Morgan fingerprint density at radius 3 is 2.67 bits per heavy atom. The van der Waals surface area contributed by atoms with E-state index in [2.05, 4.69) is 4.98 Å². The van der Waals surface area contributed by atoms with Gasteiger partial charge in [-0.25, -0.2) is 4.98 Å². The molecule has 0 unspecified atom stereocenters. The van der Waals surface area contributed by atoms with Crippen molar-refractivity contribution < 1.29 is 5.11 Å². The first-order valence-electron chi connectivity index (χ1n) is 3.13. The van der Waals surface area contributed by atoms with Crippen LogP contribution in [0.5, 0.6) is 0 Å². The largest absolute Gasteiger partial charge is 0.388 e. The highest BCUT2D eigenvalue weighted by atomic mass is 35.6. The minimum Gasteiger partial charge on any atom is -0.388 e. The van der Waals surface area contributed by atoms with Gasteiger partial charge >= 0.3 is 0 Å². The van der Waals surface area contributed by atoms with Gasteiger partial charge in [0.2, 0.25) is 3.79 Å².